The second kappa shape index (κ2) is 7.25. The molecule has 94 valence electrons. The SMILES string of the molecule is CNCCNC(=S)COc1cccc(C)c1C. The lowest BCUT2D eigenvalue weighted by atomic mass is 10.1. The predicted molar refractivity (Wildman–Crippen MR) is 75.9 cm³/mol. The molecule has 0 radical (unpaired) electrons. The van der Waals surface area contributed by atoms with E-state index in [9.17, 15) is 0 Å². The van der Waals surface area contributed by atoms with E-state index in [4.69, 9.17) is 17.0 Å². The minimum absolute atomic E-state index is 0.434. The van der Waals surface area contributed by atoms with Crippen LogP contribution in [0.15, 0.2) is 18.2 Å². The van der Waals surface area contributed by atoms with Crippen LogP contribution in [0.2, 0.25) is 0 Å². The Morgan fingerprint density at radius 1 is 1.29 bits per heavy atom. The number of hydrogen-bond donors (Lipinski definition) is 2. The molecule has 0 amide bonds. The van der Waals surface area contributed by atoms with Gasteiger partial charge in [-0.05, 0) is 38.1 Å². The smallest absolute Gasteiger partial charge is 0.138 e. The van der Waals surface area contributed by atoms with Crippen LogP contribution in [-0.4, -0.2) is 31.7 Å². The molecule has 0 atom stereocenters. The van der Waals surface area contributed by atoms with E-state index in [1.807, 2.05) is 19.2 Å². The van der Waals surface area contributed by atoms with Crippen LogP contribution < -0.4 is 15.4 Å². The van der Waals surface area contributed by atoms with Gasteiger partial charge >= 0.3 is 0 Å². The third kappa shape index (κ3) is 4.71. The number of ether oxygens (including phenoxy) is 1. The van der Waals surface area contributed by atoms with E-state index < -0.39 is 0 Å². The summed E-state index contributed by atoms with van der Waals surface area (Å²) in [5.74, 6) is 0.905. The molecule has 4 heteroatoms. The van der Waals surface area contributed by atoms with Gasteiger partial charge in [0.25, 0.3) is 0 Å². The van der Waals surface area contributed by atoms with Crippen LogP contribution in [0.5, 0.6) is 5.75 Å². The molecule has 1 aromatic rings. The van der Waals surface area contributed by atoms with Crippen molar-refractivity contribution in [3.63, 3.8) is 0 Å². The Labute approximate surface area is 109 Å². The lowest BCUT2D eigenvalue weighted by Gasteiger charge is -2.12. The molecule has 0 aliphatic heterocycles. The molecule has 3 nitrogen and oxygen atoms in total. The molecule has 1 aromatic carbocycles. The standard InChI is InChI=1S/C13H20N2OS/c1-10-5-4-6-12(11(10)2)16-9-13(17)15-8-7-14-3/h4-6,14H,7-9H2,1-3H3,(H,15,17). The number of hydrogen-bond acceptors (Lipinski definition) is 3. The first-order chi connectivity index (χ1) is 8.15. The number of likely N-dealkylation sites (N-methyl/N-ethyl adjacent to an activating group) is 1. The molecule has 0 spiro atoms. The first-order valence-electron chi connectivity index (χ1n) is 5.75. The molecular formula is C13H20N2OS. The average molecular weight is 252 g/mol. The Morgan fingerprint density at radius 3 is 2.76 bits per heavy atom. The Kier molecular flexibility index (Phi) is 5.94. The Morgan fingerprint density at radius 2 is 2.06 bits per heavy atom. The van der Waals surface area contributed by atoms with Crippen LogP contribution in [-0.2, 0) is 0 Å². The first-order valence-corrected chi connectivity index (χ1v) is 6.16. The summed E-state index contributed by atoms with van der Waals surface area (Å²) in [6.45, 7) is 6.28. The highest BCUT2D eigenvalue weighted by molar-refractivity contribution is 7.80. The second-order valence-corrected chi connectivity index (χ2v) is 4.43. The van der Waals surface area contributed by atoms with Crippen molar-refractivity contribution in [3.8, 4) is 5.75 Å². The normalized spacial score (nSPS) is 10.1. The molecule has 0 unspecified atom stereocenters. The summed E-state index contributed by atoms with van der Waals surface area (Å²) in [6.07, 6.45) is 0. The molecule has 1 rings (SSSR count). The molecule has 0 aromatic heterocycles. The molecule has 0 aliphatic rings. The van der Waals surface area contributed by atoms with Crippen molar-refractivity contribution in [1.82, 2.24) is 10.6 Å². The quantitative estimate of drug-likeness (QED) is 0.598. The van der Waals surface area contributed by atoms with E-state index in [0.717, 1.165) is 23.8 Å². The van der Waals surface area contributed by atoms with Gasteiger partial charge in [0.05, 0.1) is 0 Å². The number of thiocarbonyl (C=S) groups is 1. The van der Waals surface area contributed by atoms with Gasteiger partial charge in [-0.2, -0.15) is 0 Å². The number of benzene rings is 1. The summed E-state index contributed by atoms with van der Waals surface area (Å²) in [4.78, 5) is 0.737. The van der Waals surface area contributed by atoms with E-state index in [1.165, 1.54) is 11.1 Å². The van der Waals surface area contributed by atoms with Crippen LogP contribution in [0.25, 0.3) is 0 Å². The minimum Gasteiger partial charge on any atom is -0.486 e. The number of rotatable bonds is 6. The van der Waals surface area contributed by atoms with Crippen LogP contribution in [0, 0.1) is 13.8 Å². The van der Waals surface area contributed by atoms with E-state index >= 15 is 0 Å². The van der Waals surface area contributed by atoms with E-state index in [0.29, 0.717) is 6.61 Å². The van der Waals surface area contributed by atoms with E-state index in [1.54, 1.807) is 0 Å². The van der Waals surface area contributed by atoms with Gasteiger partial charge in [0.15, 0.2) is 0 Å². The van der Waals surface area contributed by atoms with Gasteiger partial charge in [0, 0.05) is 13.1 Å². The Balaban J connectivity index is 2.39. The van der Waals surface area contributed by atoms with E-state index in [2.05, 4.69) is 30.5 Å². The maximum Gasteiger partial charge on any atom is 0.138 e. The van der Waals surface area contributed by atoms with Crippen molar-refractivity contribution in [2.45, 2.75) is 13.8 Å². The van der Waals surface area contributed by atoms with Crippen molar-refractivity contribution >= 4 is 17.2 Å². The fourth-order valence-corrected chi connectivity index (χ4v) is 1.56. The van der Waals surface area contributed by atoms with Gasteiger partial charge in [-0.3, -0.25) is 0 Å². The Bertz CT molecular complexity index is 380. The largest absolute Gasteiger partial charge is 0.486 e. The monoisotopic (exact) mass is 252 g/mol. The predicted octanol–water partition coefficient (Wildman–Crippen LogP) is 1.82. The molecular weight excluding hydrogens is 232 g/mol. The maximum atomic E-state index is 5.69. The summed E-state index contributed by atoms with van der Waals surface area (Å²) in [5, 5.41) is 6.18. The van der Waals surface area contributed by atoms with Crippen molar-refractivity contribution in [2.24, 2.45) is 0 Å². The van der Waals surface area contributed by atoms with Crippen molar-refractivity contribution in [3.05, 3.63) is 29.3 Å². The fourth-order valence-electron chi connectivity index (χ4n) is 1.40. The molecule has 0 heterocycles. The van der Waals surface area contributed by atoms with Crippen LogP contribution in [0.3, 0.4) is 0 Å². The molecule has 2 N–H and O–H groups in total. The zero-order chi connectivity index (χ0) is 12.7. The van der Waals surface area contributed by atoms with Gasteiger partial charge in [-0.25, -0.2) is 0 Å². The topological polar surface area (TPSA) is 33.3 Å². The highest BCUT2D eigenvalue weighted by Gasteiger charge is 2.03. The van der Waals surface area contributed by atoms with Gasteiger partial charge in [-0.15, -0.1) is 0 Å². The number of nitrogens with one attached hydrogen (secondary N) is 2. The summed E-state index contributed by atoms with van der Waals surface area (Å²) in [7, 11) is 1.91. The minimum atomic E-state index is 0.434. The van der Waals surface area contributed by atoms with Gasteiger partial charge in [0.2, 0.25) is 0 Å². The molecule has 0 bridgehead atoms. The van der Waals surface area contributed by atoms with E-state index in [-0.39, 0.29) is 0 Å². The van der Waals surface area contributed by atoms with Crippen molar-refractivity contribution < 1.29 is 4.74 Å². The third-order valence-electron chi connectivity index (χ3n) is 2.61. The van der Waals surface area contributed by atoms with Gasteiger partial charge in [-0.1, -0.05) is 24.4 Å². The molecule has 0 fully saturated rings. The zero-order valence-electron chi connectivity index (χ0n) is 10.7. The zero-order valence-corrected chi connectivity index (χ0v) is 11.5. The lowest BCUT2D eigenvalue weighted by Crippen LogP contribution is -2.32. The maximum absolute atomic E-state index is 5.69. The lowest BCUT2D eigenvalue weighted by molar-refractivity contribution is 0.371. The third-order valence-corrected chi connectivity index (χ3v) is 2.87. The molecule has 0 aliphatic carbocycles. The van der Waals surface area contributed by atoms with Crippen LogP contribution >= 0.6 is 12.2 Å². The highest BCUT2D eigenvalue weighted by Crippen LogP contribution is 2.20. The summed E-state index contributed by atoms with van der Waals surface area (Å²) >= 11 is 5.18. The Hall–Kier alpha value is -1.13. The second-order valence-electron chi connectivity index (χ2n) is 3.94. The van der Waals surface area contributed by atoms with Crippen LogP contribution in [0.1, 0.15) is 11.1 Å². The summed E-state index contributed by atoms with van der Waals surface area (Å²) in [5.41, 5.74) is 2.40. The molecule has 17 heavy (non-hydrogen) atoms. The van der Waals surface area contributed by atoms with Crippen molar-refractivity contribution in [1.29, 1.82) is 0 Å². The molecule has 0 saturated carbocycles. The van der Waals surface area contributed by atoms with Crippen molar-refractivity contribution in [2.75, 3.05) is 26.7 Å². The average Bonchev–Trinajstić information content (AvgIpc) is 2.31. The van der Waals surface area contributed by atoms with Crippen LogP contribution in [0.4, 0.5) is 0 Å². The fraction of sp³-hybridized carbons (Fsp3) is 0.462. The number of aryl methyl sites for hydroxylation is 1. The molecule has 0 saturated heterocycles. The van der Waals surface area contributed by atoms with Gasteiger partial charge < -0.3 is 15.4 Å². The highest BCUT2D eigenvalue weighted by atomic mass is 32.1. The van der Waals surface area contributed by atoms with Gasteiger partial charge in [0.1, 0.15) is 17.3 Å². The first kappa shape index (κ1) is 13.9. The summed E-state index contributed by atoms with van der Waals surface area (Å²) < 4.78 is 5.69. The summed E-state index contributed by atoms with van der Waals surface area (Å²) in [6, 6.07) is 6.04.